The number of hydrogen-bond acceptors (Lipinski definition) is 3. The van der Waals surface area contributed by atoms with Gasteiger partial charge in [-0.25, -0.2) is 0 Å². The maximum atomic E-state index is 10.4. The van der Waals surface area contributed by atoms with E-state index in [1.165, 1.54) is 0 Å². The van der Waals surface area contributed by atoms with Crippen LogP contribution in [0.2, 0.25) is 0 Å². The van der Waals surface area contributed by atoms with Gasteiger partial charge in [-0.05, 0) is 0 Å². The molecule has 2 heterocycles. The molecule has 0 bridgehead atoms. The Morgan fingerprint density at radius 2 is 2.55 bits per heavy atom. The monoisotopic (exact) mass is 216 g/mol. The SMILES string of the molecule is O=C(O)C1=Nc2nc[se]c2C1. The fraction of sp³-hybridized carbons (Fsp3) is 0.167. The van der Waals surface area contributed by atoms with Gasteiger partial charge in [-0.2, -0.15) is 0 Å². The standard InChI is InChI=1S/C6H4N2O2Se/c9-6(10)3-1-4-5(8-3)7-2-11-4/h2H,1H2,(H,9,10). The van der Waals surface area contributed by atoms with Gasteiger partial charge in [0, 0.05) is 0 Å². The Kier molecular flexibility index (Phi) is 1.41. The van der Waals surface area contributed by atoms with E-state index in [-0.39, 0.29) is 20.2 Å². The molecule has 1 aliphatic heterocycles. The van der Waals surface area contributed by atoms with Crippen molar-refractivity contribution in [3.63, 3.8) is 0 Å². The summed E-state index contributed by atoms with van der Waals surface area (Å²) < 4.78 is 1.09. The molecule has 0 aromatic carbocycles. The van der Waals surface area contributed by atoms with Gasteiger partial charge in [0.1, 0.15) is 0 Å². The Morgan fingerprint density at radius 1 is 1.73 bits per heavy atom. The van der Waals surface area contributed by atoms with Crippen LogP contribution in [-0.2, 0) is 11.2 Å². The van der Waals surface area contributed by atoms with Crippen LogP contribution in [0, 0.1) is 0 Å². The molecule has 0 radical (unpaired) electrons. The molecule has 0 saturated carbocycles. The quantitative estimate of drug-likeness (QED) is 0.662. The summed E-state index contributed by atoms with van der Waals surface area (Å²) in [6.07, 6.45) is 0.491. The second-order valence-corrected chi connectivity index (χ2v) is 4.11. The average Bonchev–Trinajstić information content (AvgIpc) is 2.40. The number of carboxylic acid groups (broad SMARTS) is 1. The molecule has 1 aromatic rings. The van der Waals surface area contributed by atoms with E-state index in [0.29, 0.717) is 12.2 Å². The zero-order chi connectivity index (χ0) is 7.84. The minimum absolute atomic E-state index is 0.230. The van der Waals surface area contributed by atoms with Crippen LogP contribution in [0.4, 0.5) is 5.82 Å². The van der Waals surface area contributed by atoms with E-state index in [9.17, 15) is 4.79 Å². The van der Waals surface area contributed by atoms with Crippen molar-refractivity contribution in [3.05, 3.63) is 9.51 Å². The van der Waals surface area contributed by atoms with Crippen LogP contribution in [-0.4, -0.2) is 36.3 Å². The Labute approximate surface area is 68.3 Å². The molecule has 5 heteroatoms. The number of aromatic nitrogens is 1. The first-order valence-electron chi connectivity index (χ1n) is 3.00. The van der Waals surface area contributed by atoms with Crippen molar-refractivity contribution < 1.29 is 9.90 Å². The normalized spacial score (nSPS) is 14.4. The number of rotatable bonds is 1. The molecule has 56 valence electrons. The number of hydrogen-bond donors (Lipinski definition) is 1. The van der Waals surface area contributed by atoms with Crippen LogP contribution in [0.25, 0.3) is 0 Å². The predicted molar refractivity (Wildman–Crippen MR) is 39.6 cm³/mol. The molecule has 0 unspecified atom stereocenters. The summed E-state index contributed by atoms with van der Waals surface area (Å²) in [7, 11) is 0. The first-order valence-corrected chi connectivity index (χ1v) is 4.85. The molecule has 2 rings (SSSR count). The summed E-state index contributed by atoms with van der Waals surface area (Å²) in [4.78, 5) is 18.3. The van der Waals surface area contributed by atoms with Gasteiger partial charge in [0.05, 0.1) is 0 Å². The Morgan fingerprint density at radius 3 is 3.18 bits per heavy atom. The van der Waals surface area contributed by atoms with Crippen molar-refractivity contribution in [1.29, 1.82) is 0 Å². The minimum atomic E-state index is -0.926. The Balaban J connectivity index is 2.38. The fourth-order valence-electron chi connectivity index (χ4n) is 0.919. The first kappa shape index (κ1) is 6.76. The summed E-state index contributed by atoms with van der Waals surface area (Å²) in [5.41, 5.74) is 0.230. The molecule has 0 fully saturated rings. The van der Waals surface area contributed by atoms with Gasteiger partial charge in [0.15, 0.2) is 0 Å². The summed E-state index contributed by atoms with van der Waals surface area (Å²) in [5, 5.41) is 10.4. The third-order valence-corrected chi connectivity index (χ3v) is 3.16. The van der Waals surface area contributed by atoms with E-state index in [2.05, 4.69) is 9.98 Å². The summed E-state index contributed by atoms with van der Waals surface area (Å²) in [6.45, 7) is 0. The van der Waals surface area contributed by atoms with Gasteiger partial charge in [-0.15, -0.1) is 0 Å². The average molecular weight is 215 g/mol. The number of carbonyl (C=O) groups is 1. The van der Waals surface area contributed by atoms with Crippen molar-refractivity contribution in [2.45, 2.75) is 6.42 Å². The number of carboxylic acids is 1. The van der Waals surface area contributed by atoms with Gasteiger partial charge in [0.2, 0.25) is 0 Å². The van der Waals surface area contributed by atoms with E-state index in [0.717, 1.165) is 4.44 Å². The molecule has 1 N–H and O–H groups in total. The van der Waals surface area contributed by atoms with Crippen molar-refractivity contribution in [2.24, 2.45) is 4.99 Å². The molecule has 0 spiro atoms. The molecule has 0 atom stereocenters. The third kappa shape index (κ3) is 1.02. The molecule has 1 aromatic heterocycles. The molecule has 0 aliphatic carbocycles. The molecule has 4 nitrogen and oxygen atoms in total. The van der Waals surface area contributed by atoms with Gasteiger partial charge in [-0.3, -0.25) is 0 Å². The first-order chi connectivity index (χ1) is 5.27. The van der Waals surface area contributed by atoms with Crippen molar-refractivity contribution in [1.82, 2.24) is 4.98 Å². The molecule has 0 amide bonds. The summed E-state index contributed by atoms with van der Waals surface area (Å²) in [6, 6.07) is 0. The fourth-order valence-corrected chi connectivity index (χ4v) is 2.40. The van der Waals surface area contributed by atoms with Gasteiger partial charge >= 0.3 is 67.8 Å². The van der Waals surface area contributed by atoms with Crippen molar-refractivity contribution in [2.75, 3.05) is 0 Å². The van der Waals surface area contributed by atoms with E-state index >= 15 is 0 Å². The summed E-state index contributed by atoms with van der Waals surface area (Å²) in [5.74, 6) is -0.284. The maximum absolute atomic E-state index is 10.4. The number of nitrogens with zero attached hydrogens (tertiary/aromatic N) is 2. The predicted octanol–water partition coefficient (Wildman–Crippen LogP) is -0.148. The molecule has 11 heavy (non-hydrogen) atoms. The van der Waals surface area contributed by atoms with Crippen molar-refractivity contribution >= 4 is 32.0 Å². The van der Waals surface area contributed by atoms with Gasteiger partial charge in [-0.1, -0.05) is 0 Å². The topological polar surface area (TPSA) is 62.5 Å². The van der Waals surface area contributed by atoms with E-state index in [1.807, 2.05) is 5.07 Å². The molecule has 1 aliphatic rings. The zero-order valence-electron chi connectivity index (χ0n) is 5.44. The Bertz CT molecular complexity index is 342. The van der Waals surface area contributed by atoms with E-state index in [4.69, 9.17) is 5.11 Å². The van der Waals surface area contributed by atoms with Crippen molar-refractivity contribution in [3.8, 4) is 0 Å². The Hall–Kier alpha value is -0.931. The van der Waals surface area contributed by atoms with Crippen LogP contribution >= 0.6 is 0 Å². The third-order valence-electron chi connectivity index (χ3n) is 1.44. The molecular formula is C6H4N2O2Se. The second-order valence-electron chi connectivity index (χ2n) is 2.14. The zero-order valence-corrected chi connectivity index (χ0v) is 7.16. The number of aliphatic imine (C=N–C) groups is 1. The number of fused-ring (bicyclic) bond motifs is 1. The number of aliphatic carboxylic acids is 1. The van der Waals surface area contributed by atoms with E-state index in [1.54, 1.807) is 0 Å². The van der Waals surface area contributed by atoms with Crippen LogP contribution in [0.1, 0.15) is 4.44 Å². The van der Waals surface area contributed by atoms with Crippen LogP contribution in [0.3, 0.4) is 0 Å². The van der Waals surface area contributed by atoms with Crippen LogP contribution in [0.15, 0.2) is 10.1 Å². The van der Waals surface area contributed by atoms with E-state index < -0.39 is 5.97 Å². The molecular weight excluding hydrogens is 211 g/mol. The van der Waals surface area contributed by atoms with Crippen LogP contribution in [0.5, 0.6) is 0 Å². The second kappa shape index (κ2) is 2.29. The summed E-state index contributed by atoms with van der Waals surface area (Å²) >= 11 is 0.246. The van der Waals surface area contributed by atoms with Gasteiger partial charge in [0.25, 0.3) is 0 Å². The van der Waals surface area contributed by atoms with Crippen LogP contribution < -0.4 is 0 Å². The van der Waals surface area contributed by atoms with Gasteiger partial charge < -0.3 is 0 Å². The molecule has 0 saturated heterocycles.